The van der Waals surface area contributed by atoms with Gasteiger partial charge in [0.15, 0.2) is 0 Å². The second-order valence-electron chi connectivity index (χ2n) is 11.4. The number of morpholine rings is 1. The quantitative estimate of drug-likeness (QED) is 0.417. The molecule has 4 aliphatic heterocycles. The van der Waals surface area contributed by atoms with Crippen molar-refractivity contribution in [2.75, 3.05) is 46.0 Å². The van der Waals surface area contributed by atoms with Gasteiger partial charge in [0.05, 0.1) is 43.3 Å². The minimum Gasteiger partial charge on any atom is -0.394 e. The Hall–Kier alpha value is -2.53. The highest BCUT2D eigenvalue weighted by Crippen LogP contribution is 2.65. The highest BCUT2D eigenvalue weighted by Gasteiger charge is 2.80. The Bertz CT molecular complexity index is 1050. The number of carbonyl (C=O) groups is 3. The van der Waals surface area contributed by atoms with Gasteiger partial charge < -0.3 is 30.1 Å². The SMILES string of the molecule is CC1CC23O[C@]1(C)[C@@H](C(=O)NCc1ccccc1)[C@H]2C(=O)N([C@H](C)CO)C3C(=O)NCCN1CCOCC1. The lowest BCUT2D eigenvalue weighted by molar-refractivity contribution is -0.150. The predicted octanol–water partition coefficient (Wildman–Crippen LogP) is 0.143. The van der Waals surface area contributed by atoms with Gasteiger partial charge in [-0.1, -0.05) is 37.3 Å². The van der Waals surface area contributed by atoms with Crippen LogP contribution in [-0.4, -0.2) is 102 Å². The number of aliphatic hydroxyl groups is 1. The van der Waals surface area contributed by atoms with E-state index in [2.05, 4.69) is 15.5 Å². The van der Waals surface area contributed by atoms with E-state index in [0.717, 1.165) is 18.7 Å². The van der Waals surface area contributed by atoms with Crippen LogP contribution < -0.4 is 10.6 Å². The first-order valence-electron chi connectivity index (χ1n) is 13.8. The second kappa shape index (κ2) is 10.6. The molecule has 0 radical (unpaired) electrons. The summed E-state index contributed by atoms with van der Waals surface area (Å²) in [5.41, 5.74) is -1.03. The summed E-state index contributed by atoms with van der Waals surface area (Å²) in [7, 11) is 0. The molecule has 3 unspecified atom stereocenters. The average molecular weight is 529 g/mol. The number of hydrogen-bond donors (Lipinski definition) is 3. The Labute approximate surface area is 224 Å². The molecule has 4 heterocycles. The Morgan fingerprint density at radius 3 is 2.55 bits per heavy atom. The zero-order valence-corrected chi connectivity index (χ0v) is 22.5. The van der Waals surface area contributed by atoms with Crippen molar-refractivity contribution in [1.82, 2.24) is 20.4 Å². The molecule has 38 heavy (non-hydrogen) atoms. The summed E-state index contributed by atoms with van der Waals surface area (Å²) in [5, 5.41) is 16.1. The van der Waals surface area contributed by atoms with Crippen LogP contribution in [-0.2, 0) is 30.4 Å². The minimum absolute atomic E-state index is 0.0351. The zero-order chi connectivity index (χ0) is 27.1. The standard InChI is InChI=1S/C28H40N4O6/c1-18-15-28-22(21(27(18,3)38-28)24(34)30-16-20-7-5-4-6-8-20)26(36)32(19(2)17-33)23(28)25(35)29-9-10-31-11-13-37-14-12-31/h4-8,18-19,21-23,33H,9-17H2,1-3H3,(H,29,35)(H,30,34)/t18?,19-,21-,22+,23?,27+,28?/m1/s1. The highest BCUT2D eigenvalue weighted by atomic mass is 16.5. The summed E-state index contributed by atoms with van der Waals surface area (Å²) in [4.78, 5) is 45.2. The Morgan fingerprint density at radius 2 is 1.87 bits per heavy atom. The van der Waals surface area contributed by atoms with E-state index in [0.29, 0.717) is 39.3 Å². The first-order valence-corrected chi connectivity index (χ1v) is 13.8. The van der Waals surface area contributed by atoms with Gasteiger partial charge in [0.25, 0.3) is 0 Å². The van der Waals surface area contributed by atoms with E-state index >= 15 is 0 Å². The van der Waals surface area contributed by atoms with Gasteiger partial charge in [0.1, 0.15) is 11.6 Å². The molecule has 7 atom stereocenters. The molecule has 4 saturated heterocycles. The van der Waals surface area contributed by atoms with Crippen molar-refractivity contribution < 1.29 is 29.0 Å². The molecule has 2 bridgehead atoms. The summed E-state index contributed by atoms with van der Waals surface area (Å²) in [6, 6.07) is 8.12. The van der Waals surface area contributed by atoms with Gasteiger partial charge >= 0.3 is 0 Å². The maximum absolute atomic E-state index is 14.0. The van der Waals surface area contributed by atoms with Crippen LogP contribution in [0.2, 0.25) is 0 Å². The minimum atomic E-state index is -1.12. The van der Waals surface area contributed by atoms with E-state index in [-0.39, 0.29) is 30.2 Å². The van der Waals surface area contributed by atoms with Crippen molar-refractivity contribution in [3.05, 3.63) is 35.9 Å². The second-order valence-corrected chi connectivity index (χ2v) is 11.4. The van der Waals surface area contributed by atoms with Crippen molar-refractivity contribution in [2.24, 2.45) is 17.8 Å². The Kier molecular flexibility index (Phi) is 7.52. The number of hydrogen-bond acceptors (Lipinski definition) is 7. The van der Waals surface area contributed by atoms with E-state index in [4.69, 9.17) is 9.47 Å². The Morgan fingerprint density at radius 1 is 1.16 bits per heavy atom. The van der Waals surface area contributed by atoms with Crippen LogP contribution in [0.5, 0.6) is 0 Å². The molecule has 5 rings (SSSR count). The van der Waals surface area contributed by atoms with Gasteiger partial charge in [-0.15, -0.1) is 0 Å². The maximum atomic E-state index is 14.0. The molecular formula is C28H40N4O6. The summed E-state index contributed by atoms with van der Waals surface area (Å²) in [6.45, 7) is 9.81. The lowest BCUT2D eigenvalue weighted by atomic mass is 9.62. The van der Waals surface area contributed by atoms with Gasteiger partial charge in [0.2, 0.25) is 17.7 Å². The van der Waals surface area contributed by atoms with Crippen LogP contribution in [0.1, 0.15) is 32.8 Å². The molecule has 1 aromatic rings. The lowest BCUT2D eigenvalue weighted by Gasteiger charge is -2.36. The van der Waals surface area contributed by atoms with Crippen LogP contribution >= 0.6 is 0 Å². The fourth-order valence-electron chi connectivity index (χ4n) is 7.09. The first kappa shape index (κ1) is 27.1. The average Bonchev–Trinajstić information content (AvgIpc) is 3.44. The fourth-order valence-corrected chi connectivity index (χ4v) is 7.09. The molecule has 0 aliphatic carbocycles. The number of nitrogens with zero attached hydrogens (tertiary/aromatic N) is 2. The maximum Gasteiger partial charge on any atom is 0.245 e. The number of ether oxygens (including phenoxy) is 2. The predicted molar refractivity (Wildman–Crippen MR) is 139 cm³/mol. The third kappa shape index (κ3) is 4.41. The van der Waals surface area contributed by atoms with Crippen LogP contribution in [0.4, 0.5) is 0 Å². The molecule has 4 aliphatic rings. The summed E-state index contributed by atoms with van der Waals surface area (Å²) >= 11 is 0. The molecule has 208 valence electrons. The van der Waals surface area contributed by atoms with Crippen molar-refractivity contribution in [3.8, 4) is 0 Å². The van der Waals surface area contributed by atoms with Crippen LogP contribution in [0.25, 0.3) is 0 Å². The van der Waals surface area contributed by atoms with E-state index in [1.807, 2.05) is 44.2 Å². The van der Waals surface area contributed by atoms with Crippen LogP contribution in [0.15, 0.2) is 30.3 Å². The number of nitrogens with one attached hydrogen (secondary N) is 2. The molecule has 10 nitrogen and oxygen atoms in total. The molecule has 10 heteroatoms. The smallest absolute Gasteiger partial charge is 0.245 e. The van der Waals surface area contributed by atoms with E-state index in [1.54, 1.807) is 6.92 Å². The molecule has 3 amide bonds. The third-order valence-electron chi connectivity index (χ3n) is 9.16. The lowest BCUT2D eigenvalue weighted by Crippen LogP contribution is -2.58. The summed E-state index contributed by atoms with van der Waals surface area (Å²) < 4.78 is 12.1. The topological polar surface area (TPSA) is 120 Å². The number of benzene rings is 1. The van der Waals surface area contributed by atoms with E-state index in [9.17, 15) is 19.5 Å². The van der Waals surface area contributed by atoms with Crippen molar-refractivity contribution in [3.63, 3.8) is 0 Å². The number of likely N-dealkylation sites (tertiary alicyclic amines) is 1. The highest BCUT2D eigenvalue weighted by molar-refractivity contribution is 5.99. The zero-order valence-electron chi connectivity index (χ0n) is 22.5. The van der Waals surface area contributed by atoms with Gasteiger partial charge in [-0.25, -0.2) is 0 Å². The van der Waals surface area contributed by atoms with Crippen LogP contribution in [0.3, 0.4) is 0 Å². The van der Waals surface area contributed by atoms with E-state index < -0.39 is 35.1 Å². The van der Waals surface area contributed by atoms with Gasteiger partial charge in [-0.3, -0.25) is 19.3 Å². The molecular weight excluding hydrogens is 488 g/mol. The Balaban J connectivity index is 1.39. The molecule has 1 aromatic carbocycles. The molecule has 1 spiro atoms. The largest absolute Gasteiger partial charge is 0.394 e. The van der Waals surface area contributed by atoms with Crippen molar-refractivity contribution in [1.29, 1.82) is 0 Å². The summed E-state index contributed by atoms with van der Waals surface area (Å²) in [6.07, 6.45) is 0.499. The number of amides is 3. The van der Waals surface area contributed by atoms with Gasteiger partial charge in [-0.2, -0.15) is 0 Å². The normalized spacial score (nSPS) is 35.3. The van der Waals surface area contributed by atoms with Crippen LogP contribution in [0, 0.1) is 17.8 Å². The fraction of sp³-hybridized carbons (Fsp3) is 0.679. The first-order chi connectivity index (χ1) is 18.2. The molecule has 0 saturated carbocycles. The monoisotopic (exact) mass is 528 g/mol. The number of fused-ring (bicyclic) bond motifs is 1. The van der Waals surface area contributed by atoms with E-state index in [1.165, 1.54) is 4.90 Å². The number of rotatable bonds is 9. The summed E-state index contributed by atoms with van der Waals surface area (Å²) in [5.74, 6) is -2.39. The molecule has 3 N–H and O–H groups in total. The molecule has 4 fully saturated rings. The van der Waals surface area contributed by atoms with Crippen molar-refractivity contribution >= 4 is 17.7 Å². The number of aliphatic hydroxyl groups excluding tert-OH is 1. The van der Waals surface area contributed by atoms with Gasteiger partial charge in [0, 0.05) is 32.7 Å². The van der Waals surface area contributed by atoms with Crippen molar-refractivity contribution in [2.45, 2.75) is 57.0 Å². The number of carbonyl (C=O) groups excluding carboxylic acids is 3. The molecule has 0 aromatic heterocycles. The van der Waals surface area contributed by atoms with Gasteiger partial charge in [-0.05, 0) is 31.7 Å². The third-order valence-corrected chi connectivity index (χ3v) is 9.16.